The highest BCUT2D eigenvalue weighted by molar-refractivity contribution is 4.51. The van der Waals surface area contributed by atoms with E-state index in [1.807, 2.05) is 6.92 Å². The monoisotopic (exact) mass is 162 g/mol. The molecule has 0 bridgehead atoms. The summed E-state index contributed by atoms with van der Waals surface area (Å²) in [7, 11) is 0. The van der Waals surface area contributed by atoms with E-state index < -0.39 is 0 Å². The van der Waals surface area contributed by atoms with Gasteiger partial charge in [0.1, 0.15) is 0 Å². The molecule has 1 aliphatic heterocycles. The van der Waals surface area contributed by atoms with Crippen LogP contribution in [0.25, 0.3) is 0 Å². The van der Waals surface area contributed by atoms with Crippen LogP contribution in [0.3, 0.4) is 0 Å². The molecule has 0 aromatic carbocycles. The fourth-order valence-corrected chi connectivity index (χ4v) is 0.907. The summed E-state index contributed by atoms with van der Waals surface area (Å²) in [5, 5.41) is 4.40. The second-order valence-corrected chi connectivity index (χ2v) is 2.37. The van der Waals surface area contributed by atoms with E-state index in [1.54, 1.807) is 0 Å². The van der Waals surface area contributed by atoms with Crippen molar-refractivity contribution in [2.45, 2.75) is 32.5 Å². The molecule has 4 nitrogen and oxygen atoms in total. The Bertz CT molecular complexity index is 90.4. The quantitative estimate of drug-likeness (QED) is 0.356. The molecule has 1 unspecified atom stereocenters. The first-order valence-electron chi connectivity index (χ1n) is 4.00. The van der Waals surface area contributed by atoms with Crippen LogP contribution in [-0.2, 0) is 19.6 Å². The topological polar surface area (TPSA) is 36.9 Å². The Morgan fingerprint density at radius 3 is 3.00 bits per heavy atom. The van der Waals surface area contributed by atoms with E-state index in [9.17, 15) is 0 Å². The standard InChI is InChI=1S/C7H14O4/c1-2-9-11-10-7-5-3-4-6-8-7/h7H,2-6H2,1H3. The first kappa shape index (κ1) is 8.93. The van der Waals surface area contributed by atoms with E-state index >= 15 is 0 Å². The maximum Gasteiger partial charge on any atom is 0.194 e. The predicted octanol–water partition coefficient (Wildman–Crippen LogP) is 1.41. The van der Waals surface area contributed by atoms with Crippen LogP contribution in [0.1, 0.15) is 26.2 Å². The van der Waals surface area contributed by atoms with Crippen LogP contribution in [0.5, 0.6) is 0 Å². The first-order valence-corrected chi connectivity index (χ1v) is 4.00. The van der Waals surface area contributed by atoms with Crippen LogP contribution in [-0.4, -0.2) is 19.5 Å². The van der Waals surface area contributed by atoms with Gasteiger partial charge in [-0.2, -0.15) is 4.89 Å². The Morgan fingerprint density at radius 2 is 2.36 bits per heavy atom. The molecule has 0 N–H and O–H groups in total. The van der Waals surface area contributed by atoms with Crippen molar-refractivity contribution in [1.82, 2.24) is 0 Å². The molecule has 0 spiro atoms. The summed E-state index contributed by atoms with van der Waals surface area (Å²) in [6.45, 7) is 3.05. The Hall–Kier alpha value is -0.160. The zero-order chi connectivity index (χ0) is 7.94. The average molecular weight is 162 g/mol. The van der Waals surface area contributed by atoms with Gasteiger partial charge in [0, 0.05) is 13.0 Å². The normalized spacial score (nSPS) is 25.4. The summed E-state index contributed by atoms with van der Waals surface area (Å²) < 4.78 is 5.20. The summed E-state index contributed by atoms with van der Waals surface area (Å²) in [6.07, 6.45) is 2.87. The highest BCUT2D eigenvalue weighted by Gasteiger charge is 2.14. The molecule has 1 fully saturated rings. The lowest BCUT2D eigenvalue weighted by Gasteiger charge is -2.20. The number of ether oxygens (including phenoxy) is 1. The molecule has 11 heavy (non-hydrogen) atoms. The van der Waals surface area contributed by atoms with Gasteiger partial charge in [0.05, 0.1) is 6.61 Å². The highest BCUT2D eigenvalue weighted by Crippen LogP contribution is 2.13. The molecular weight excluding hydrogens is 148 g/mol. The van der Waals surface area contributed by atoms with Gasteiger partial charge in [0.2, 0.25) is 0 Å². The summed E-state index contributed by atoms with van der Waals surface area (Å²) in [6, 6.07) is 0. The van der Waals surface area contributed by atoms with Crippen LogP contribution in [0, 0.1) is 0 Å². The van der Waals surface area contributed by atoms with Crippen LogP contribution in [0.2, 0.25) is 0 Å². The maximum absolute atomic E-state index is 5.20. The van der Waals surface area contributed by atoms with Crippen molar-refractivity contribution in [3.63, 3.8) is 0 Å². The van der Waals surface area contributed by atoms with Gasteiger partial charge >= 0.3 is 0 Å². The molecule has 1 saturated heterocycles. The first-order chi connectivity index (χ1) is 5.43. The molecule has 1 atom stereocenters. The summed E-state index contributed by atoms with van der Waals surface area (Å²) in [5.41, 5.74) is 0. The molecule has 0 saturated carbocycles. The van der Waals surface area contributed by atoms with Gasteiger partial charge in [-0.25, -0.2) is 4.89 Å². The zero-order valence-electron chi connectivity index (χ0n) is 6.75. The van der Waals surface area contributed by atoms with Crippen molar-refractivity contribution in [3.05, 3.63) is 0 Å². The average Bonchev–Trinajstić information content (AvgIpc) is 2.07. The van der Waals surface area contributed by atoms with Crippen molar-refractivity contribution in [1.29, 1.82) is 0 Å². The summed E-state index contributed by atoms with van der Waals surface area (Å²) in [4.78, 5) is 9.31. The molecule has 1 rings (SSSR count). The van der Waals surface area contributed by atoms with E-state index in [2.05, 4.69) is 9.93 Å². The third kappa shape index (κ3) is 3.67. The van der Waals surface area contributed by atoms with E-state index in [1.165, 1.54) is 0 Å². The zero-order valence-corrected chi connectivity index (χ0v) is 6.75. The lowest BCUT2D eigenvalue weighted by atomic mass is 10.2. The second-order valence-electron chi connectivity index (χ2n) is 2.37. The Labute approximate surface area is 66.2 Å². The van der Waals surface area contributed by atoms with Crippen molar-refractivity contribution in [2.24, 2.45) is 0 Å². The Balaban J connectivity index is 1.96. The minimum Gasteiger partial charge on any atom is -0.350 e. The molecule has 0 radical (unpaired) electrons. The van der Waals surface area contributed by atoms with E-state index in [4.69, 9.17) is 9.62 Å². The molecule has 0 amide bonds. The lowest BCUT2D eigenvalue weighted by molar-refractivity contribution is -0.548. The molecule has 1 aliphatic rings. The summed E-state index contributed by atoms with van der Waals surface area (Å²) in [5.74, 6) is 0. The van der Waals surface area contributed by atoms with Gasteiger partial charge in [-0.05, 0) is 19.8 Å². The largest absolute Gasteiger partial charge is 0.350 e. The van der Waals surface area contributed by atoms with Crippen LogP contribution >= 0.6 is 0 Å². The van der Waals surface area contributed by atoms with Crippen molar-refractivity contribution >= 4 is 0 Å². The Morgan fingerprint density at radius 1 is 1.45 bits per heavy atom. The summed E-state index contributed by atoms with van der Waals surface area (Å²) >= 11 is 0. The number of hydrogen-bond acceptors (Lipinski definition) is 4. The minimum atomic E-state index is -0.240. The van der Waals surface area contributed by atoms with Crippen molar-refractivity contribution < 1.29 is 19.6 Å². The predicted molar refractivity (Wildman–Crippen MR) is 37.4 cm³/mol. The minimum absolute atomic E-state index is 0.240. The van der Waals surface area contributed by atoms with E-state index in [0.717, 1.165) is 25.9 Å². The van der Waals surface area contributed by atoms with Gasteiger partial charge in [0.15, 0.2) is 6.29 Å². The number of rotatable bonds is 4. The Kier molecular flexibility index (Phi) is 4.45. The van der Waals surface area contributed by atoms with Gasteiger partial charge in [-0.15, -0.1) is 0 Å². The molecule has 0 aromatic rings. The van der Waals surface area contributed by atoms with E-state index in [0.29, 0.717) is 6.61 Å². The molecule has 4 heteroatoms. The fourth-order valence-electron chi connectivity index (χ4n) is 0.907. The molecule has 66 valence electrons. The molecule has 1 heterocycles. The maximum atomic E-state index is 5.20. The van der Waals surface area contributed by atoms with Crippen molar-refractivity contribution in [2.75, 3.05) is 13.2 Å². The van der Waals surface area contributed by atoms with Gasteiger partial charge in [0.25, 0.3) is 0 Å². The molecular formula is C7H14O4. The van der Waals surface area contributed by atoms with Gasteiger partial charge < -0.3 is 4.74 Å². The van der Waals surface area contributed by atoms with Crippen LogP contribution < -0.4 is 0 Å². The van der Waals surface area contributed by atoms with Crippen LogP contribution in [0.4, 0.5) is 0 Å². The van der Waals surface area contributed by atoms with Gasteiger partial charge in [-0.3, -0.25) is 0 Å². The fraction of sp³-hybridized carbons (Fsp3) is 1.00. The SMILES string of the molecule is CCOOOC1CCCCO1. The smallest absolute Gasteiger partial charge is 0.194 e. The second kappa shape index (κ2) is 5.49. The van der Waals surface area contributed by atoms with Gasteiger partial charge in [-0.1, -0.05) is 5.04 Å². The van der Waals surface area contributed by atoms with Crippen LogP contribution in [0.15, 0.2) is 0 Å². The highest BCUT2D eigenvalue weighted by atomic mass is 17.5. The molecule has 0 aromatic heterocycles. The molecule has 0 aliphatic carbocycles. The lowest BCUT2D eigenvalue weighted by Crippen LogP contribution is -2.22. The third-order valence-corrected chi connectivity index (χ3v) is 1.45. The van der Waals surface area contributed by atoms with Crippen molar-refractivity contribution in [3.8, 4) is 0 Å². The van der Waals surface area contributed by atoms with E-state index in [-0.39, 0.29) is 6.29 Å². The number of hydrogen-bond donors (Lipinski definition) is 0. The third-order valence-electron chi connectivity index (χ3n) is 1.45.